The first-order valence-corrected chi connectivity index (χ1v) is 13.7. The van der Waals surface area contributed by atoms with E-state index < -0.39 is 10.0 Å². The zero-order valence-electron chi connectivity index (χ0n) is 20.7. The molecule has 4 heterocycles. The van der Waals surface area contributed by atoms with Crippen LogP contribution in [0.4, 0.5) is 0 Å². The Labute approximate surface area is 219 Å². The van der Waals surface area contributed by atoms with E-state index in [2.05, 4.69) is 15.3 Å². The van der Waals surface area contributed by atoms with E-state index in [0.29, 0.717) is 43.3 Å². The predicted octanol–water partition coefficient (Wildman–Crippen LogP) is 3.20. The number of hydrogen-bond acceptors (Lipinski definition) is 7. The highest BCUT2D eigenvalue weighted by Crippen LogP contribution is 2.30. The van der Waals surface area contributed by atoms with Crippen LogP contribution in [0.2, 0.25) is 0 Å². The highest BCUT2D eigenvalue weighted by molar-refractivity contribution is 7.89. The Morgan fingerprint density at radius 1 is 0.868 bits per heavy atom. The average Bonchev–Trinajstić information content (AvgIpc) is 2.97. The summed E-state index contributed by atoms with van der Waals surface area (Å²) in [6.07, 6.45) is 3.48. The number of methoxy groups -OCH3 is 1. The summed E-state index contributed by atoms with van der Waals surface area (Å²) in [6.45, 7) is 2.10. The number of pyridine rings is 3. The maximum Gasteiger partial charge on any atom is 0.255 e. The molecule has 0 amide bonds. The number of sulfonamides is 1. The second-order valence-electron chi connectivity index (χ2n) is 9.04. The van der Waals surface area contributed by atoms with Gasteiger partial charge < -0.3 is 10.1 Å². The minimum absolute atomic E-state index is 0.206. The predicted molar refractivity (Wildman–Crippen MR) is 146 cm³/mol. The fourth-order valence-electron chi connectivity index (χ4n) is 4.82. The van der Waals surface area contributed by atoms with E-state index in [1.807, 2.05) is 24.3 Å². The summed E-state index contributed by atoms with van der Waals surface area (Å²) >= 11 is 0. The zero-order chi connectivity index (χ0) is 26.3. The monoisotopic (exact) mass is 527 g/mol. The number of hydrogen-bond donors (Lipinski definition) is 1. The molecule has 3 aromatic heterocycles. The second kappa shape index (κ2) is 9.64. The van der Waals surface area contributed by atoms with Crippen molar-refractivity contribution >= 4 is 31.8 Å². The van der Waals surface area contributed by atoms with Crippen LogP contribution in [-0.2, 0) is 10.0 Å². The number of nitrogens with zero attached hydrogens (tertiary/aromatic N) is 4. The molecule has 1 fully saturated rings. The standard InChI is InChI=1S/C28H25N5O4S/c1-37-26-10-3-20(17-31-26)19-2-9-25-24(16-19)28-21(18-30-25)4-11-27(34)33(28)22-5-7-23(8-6-22)38(35,36)32-14-12-29-13-15-32/h2-11,16-18,29H,12-15H2,1H3. The van der Waals surface area contributed by atoms with Crippen LogP contribution in [0.5, 0.6) is 5.88 Å². The average molecular weight is 528 g/mol. The van der Waals surface area contributed by atoms with E-state index in [1.165, 1.54) is 10.4 Å². The molecular formula is C28H25N5O4S. The lowest BCUT2D eigenvalue weighted by atomic mass is 10.0. The van der Waals surface area contributed by atoms with Crippen LogP contribution in [0.1, 0.15) is 0 Å². The molecule has 2 aromatic carbocycles. The molecule has 38 heavy (non-hydrogen) atoms. The molecule has 0 spiro atoms. The van der Waals surface area contributed by atoms with Gasteiger partial charge in [-0.2, -0.15) is 4.31 Å². The summed E-state index contributed by atoms with van der Waals surface area (Å²) in [4.78, 5) is 22.3. The lowest BCUT2D eigenvalue weighted by molar-refractivity contribution is 0.360. The third kappa shape index (κ3) is 4.22. The largest absolute Gasteiger partial charge is 0.481 e. The van der Waals surface area contributed by atoms with Gasteiger partial charge in [-0.1, -0.05) is 6.07 Å². The highest BCUT2D eigenvalue weighted by atomic mass is 32.2. The van der Waals surface area contributed by atoms with E-state index in [4.69, 9.17) is 4.74 Å². The van der Waals surface area contributed by atoms with Crippen molar-refractivity contribution in [3.05, 3.63) is 89.5 Å². The van der Waals surface area contributed by atoms with Crippen molar-refractivity contribution in [2.75, 3.05) is 33.3 Å². The number of fused-ring (bicyclic) bond motifs is 3. The molecule has 1 aliphatic rings. The van der Waals surface area contributed by atoms with Crippen molar-refractivity contribution in [3.63, 3.8) is 0 Å². The highest BCUT2D eigenvalue weighted by Gasteiger charge is 2.25. The minimum atomic E-state index is -3.61. The summed E-state index contributed by atoms with van der Waals surface area (Å²) < 4.78 is 34.5. The smallest absolute Gasteiger partial charge is 0.255 e. The summed E-state index contributed by atoms with van der Waals surface area (Å²) in [6, 6.07) is 19.3. The first-order chi connectivity index (χ1) is 18.5. The van der Waals surface area contributed by atoms with Gasteiger partial charge in [0.15, 0.2) is 0 Å². The van der Waals surface area contributed by atoms with Crippen LogP contribution in [0.25, 0.3) is 38.6 Å². The second-order valence-corrected chi connectivity index (χ2v) is 11.0. The molecule has 10 heteroatoms. The quantitative estimate of drug-likeness (QED) is 0.350. The topological polar surface area (TPSA) is 106 Å². The van der Waals surface area contributed by atoms with Gasteiger partial charge in [0.1, 0.15) is 0 Å². The Bertz CT molecular complexity index is 1810. The molecule has 0 saturated carbocycles. The Balaban J connectivity index is 1.49. The van der Waals surface area contributed by atoms with E-state index in [0.717, 1.165) is 27.4 Å². The molecule has 0 aliphatic carbocycles. The van der Waals surface area contributed by atoms with Crippen molar-refractivity contribution in [1.82, 2.24) is 24.2 Å². The Morgan fingerprint density at radius 3 is 2.34 bits per heavy atom. The molecule has 5 aromatic rings. The molecule has 9 nitrogen and oxygen atoms in total. The summed E-state index contributed by atoms with van der Waals surface area (Å²) in [5.41, 5.74) is 3.60. The first-order valence-electron chi connectivity index (χ1n) is 12.2. The Morgan fingerprint density at radius 2 is 1.63 bits per heavy atom. The third-order valence-electron chi connectivity index (χ3n) is 6.80. The summed E-state index contributed by atoms with van der Waals surface area (Å²) in [5, 5.41) is 4.76. The molecular weight excluding hydrogens is 502 g/mol. The number of benzene rings is 2. The van der Waals surface area contributed by atoms with Gasteiger partial charge in [0, 0.05) is 72.7 Å². The van der Waals surface area contributed by atoms with E-state index >= 15 is 0 Å². The van der Waals surface area contributed by atoms with Gasteiger partial charge in [-0.3, -0.25) is 14.3 Å². The van der Waals surface area contributed by atoms with Gasteiger partial charge in [0.25, 0.3) is 5.56 Å². The normalized spacial score (nSPS) is 14.7. The summed E-state index contributed by atoms with van der Waals surface area (Å²) in [5.74, 6) is 0.526. The van der Waals surface area contributed by atoms with Gasteiger partial charge in [0.05, 0.1) is 23.0 Å². The molecule has 1 N–H and O–H groups in total. The molecule has 0 unspecified atom stereocenters. The number of rotatable bonds is 5. The van der Waals surface area contributed by atoms with Crippen molar-refractivity contribution in [2.24, 2.45) is 0 Å². The molecule has 1 aliphatic heterocycles. The van der Waals surface area contributed by atoms with Gasteiger partial charge in [-0.25, -0.2) is 13.4 Å². The van der Waals surface area contributed by atoms with Crippen molar-refractivity contribution in [2.45, 2.75) is 4.90 Å². The fraction of sp³-hybridized carbons (Fsp3) is 0.179. The third-order valence-corrected chi connectivity index (χ3v) is 8.72. The SMILES string of the molecule is COc1ccc(-c2ccc3ncc4ccc(=O)n(-c5ccc(S(=O)(=O)N6CCNCC6)cc5)c4c3c2)cn1. The Kier molecular flexibility index (Phi) is 6.15. The maximum absolute atomic E-state index is 13.2. The lowest BCUT2D eigenvalue weighted by Crippen LogP contribution is -2.46. The van der Waals surface area contributed by atoms with Gasteiger partial charge in [-0.15, -0.1) is 0 Å². The first kappa shape index (κ1) is 24.2. The van der Waals surface area contributed by atoms with Crippen molar-refractivity contribution < 1.29 is 13.2 Å². The van der Waals surface area contributed by atoms with Crippen LogP contribution in [0.3, 0.4) is 0 Å². The molecule has 1 saturated heterocycles. The van der Waals surface area contributed by atoms with E-state index in [-0.39, 0.29) is 10.5 Å². The minimum Gasteiger partial charge on any atom is -0.481 e. The summed E-state index contributed by atoms with van der Waals surface area (Å²) in [7, 11) is -2.04. The number of aromatic nitrogens is 3. The van der Waals surface area contributed by atoms with Crippen LogP contribution in [0, 0.1) is 0 Å². The lowest BCUT2D eigenvalue weighted by Gasteiger charge is -2.26. The molecule has 0 atom stereocenters. The maximum atomic E-state index is 13.2. The number of nitrogens with one attached hydrogen (secondary N) is 1. The van der Waals surface area contributed by atoms with E-state index in [9.17, 15) is 13.2 Å². The van der Waals surface area contributed by atoms with Crippen molar-refractivity contribution in [3.8, 4) is 22.7 Å². The Hall–Kier alpha value is -4.12. The number of ether oxygens (including phenoxy) is 1. The van der Waals surface area contributed by atoms with Gasteiger partial charge in [-0.05, 0) is 54.1 Å². The van der Waals surface area contributed by atoms with Crippen LogP contribution < -0.4 is 15.6 Å². The van der Waals surface area contributed by atoms with Crippen LogP contribution in [0.15, 0.2) is 88.8 Å². The fourth-order valence-corrected chi connectivity index (χ4v) is 6.26. The van der Waals surface area contributed by atoms with Crippen molar-refractivity contribution in [1.29, 1.82) is 0 Å². The molecule has 192 valence electrons. The van der Waals surface area contributed by atoms with Gasteiger partial charge >= 0.3 is 0 Å². The van der Waals surface area contributed by atoms with E-state index in [1.54, 1.807) is 60.5 Å². The number of piperazine rings is 1. The van der Waals surface area contributed by atoms with Crippen LogP contribution >= 0.6 is 0 Å². The molecule has 6 rings (SSSR count). The van der Waals surface area contributed by atoms with Gasteiger partial charge in [0.2, 0.25) is 15.9 Å². The van der Waals surface area contributed by atoms with Crippen LogP contribution in [-0.4, -0.2) is 60.5 Å². The zero-order valence-corrected chi connectivity index (χ0v) is 21.5. The molecule has 0 bridgehead atoms. The molecule has 0 radical (unpaired) electrons.